The van der Waals surface area contributed by atoms with Crippen molar-refractivity contribution in [2.45, 2.75) is 20.8 Å². The Kier molecular flexibility index (Phi) is 6.85. The van der Waals surface area contributed by atoms with Crippen molar-refractivity contribution in [2.24, 2.45) is 16.0 Å². The number of esters is 1. The first-order valence-corrected chi connectivity index (χ1v) is 11.7. The monoisotopic (exact) mass is 496 g/mol. The third-order valence-corrected chi connectivity index (χ3v) is 6.29. The van der Waals surface area contributed by atoms with Gasteiger partial charge in [-0.2, -0.15) is 15.1 Å². The highest BCUT2D eigenvalue weighted by Gasteiger charge is 2.36. The maximum absolute atomic E-state index is 12.6. The first kappa shape index (κ1) is 23.7. The molecule has 2 aromatic carbocycles. The van der Waals surface area contributed by atoms with Crippen LogP contribution in [0.3, 0.4) is 0 Å². The summed E-state index contributed by atoms with van der Waals surface area (Å²) in [5.74, 6) is -0.397. The first-order chi connectivity index (χ1) is 16.3. The topological polar surface area (TPSA) is 104 Å². The number of amidine groups is 2. The zero-order valence-electron chi connectivity index (χ0n) is 18.7. The van der Waals surface area contributed by atoms with Gasteiger partial charge in [0.2, 0.25) is 5.17 Å². The standard InChI is InChI=1S/C24H21ClN4O4S/c1-4-32-19-12-14(5-10-18(19)33-23(31)15-6-8-16(25)9-7-15)11-17-20(26)29-24(27-21(17)30)34-22(28-29)13(2)3/h5-13,26H,4H2,1-3H3. The van der Waals surface area contributed by atoms with Crippen molar-refractivity contribution in [3.05, 3.63) is 64.2 Å². The van der Waals surface area contributed by atoms with E-state index in [0.717, 1.165) is 5.04 Å². The summed E-state index contributed by atoms with van der Waals surface area (Å²) in [4.78, 5) is 29.2. The number of ether oxygens (including phenoxy) is 2. The van der Waals surface area contributed by atoms with Crippen molar-refractivity contribution >= 4 is 57.4 Å². The van der Waals surface area contributed by atoms with Gasteiger partial charge >= 0.3 is 5.97 Å². The van der Waals surface area contributed by atoms with Crippen molar-refractivity contribution < 1.29 is 19.1 Å². The number of thioether (sulfide) groups is 1. The van der Waals surface area contributed by atoms with E-state index < -0.39 is 11.9 Å². The third-order valence-electron chi connectivity index (χ3n) is 4.83. The van der Waals surface area contributed by atoms with Crippen LogP contribution >= 0.6 is 23.4 Å². The van der Waals surface area contributed by atoms with E-state index in [1.807, 2.05) is 20.8 Å². The molecule has 0 atom stereocenters. The summed E-state index contributed by atoms with van der Waals surface area (Å²) >= 11 is 7.17. The molecule has 174 valence electrons. The van der Waals surface area contributed by atoms with Gasteiger partial charge in [-0.1, -0.05) is 31.5 Å². The number of rotatable bonds is 6. The van der Waals surface area contributed by atoms with Crippen LogP contribution in [-0.2, 0) is 4.79 Å². The largest absolute Gasteiger partial charge is 0.490 e. The maximum atomic E-state index is 12.6. The minimum absolute atomic E-state index is 0.0469. The smallest absolute Gasteiger partial charge is 0.343 e. The van der Waals surface area contributed by atoms with Crippen LogP contribution in [0.5, 0.6) is 11.5 Å². The Labute approximate surface area is 205 Å². The minimum atomic E-state index is -0.555. The van der Waals surface area contributed by atoms with Gasteiger partial charge in [0.1, 0.15) is 5.04 Å². The number of nitrogens with one attached hydrogen (secondary N) is 1. The number of carbonyl (C=O) groups excluding carboxylic acids is 2. The van der Waals surface area contributed by atoms with Gasteiger partial charge in [-0.25, -0.2) is 4.79 Å². The second-order valence-corrected chi connectivity index (χ2v) is 9.07. The van der Waals surface area contributed by atoms with Crippen LogP contribution in [-0.4, -0.2) is 39.5 Å². The molecule has 2 aliphatic heterocycles. The van der Waals surface area contributed by atoms with E-state index in [1.165, 1.54) is 16.8 Å². The predicted octanol–water partition coefficient (Wildman–Crippen LogP) is 5.23. The van der Waals surface area contributed by atoms with Crippen molar-refractivity contribution in [3.8, 4) is 11.5 Å². The number of carbonyl (C=O) groups is 2. The Balaban J connectivity index is 1.61. The van der Waals surface area contributed by atoms with Crippen molar-refractivity contribution in [1.29, 1.82) is 5.41 Å². The molecule has 1 amide bonds. The molecule has 2 heterocycles. The van der Waals surface area contributed by atoms with E-state index in [1.54, 1.807) is 48.5 Å². The molecular formula is C24H21ClN4O4S. The van der Waals surface area contributed by atoms with Crippen molar-refractivity contribution in [2.75, 3.05) is 6.61 Å². The average Bonchev–Trinajstić information content (AvgIpc) is 3.23. The molecule has 0 bridgehead atoms. The number of benzene rings is 2. The number of hydrogen-bond donors (Lipinski definition) is 1. The molecule has 0 radical (unpaired) electrons. The molecule has 34 heavy (non-hydrogen) atoms. The lowest BCUT2D eigenvalue weighted by atomic mass is 10.1. The second kappa shape index (κ2) is 9.82. The zero-order valence-corrected chi connectivity index (χ0v) is 20.2. The van der Waals surface area contributed by atoms with Gasteiger partial charge in [0.05, 0.1) is 17.7 Å². The van der Waals surface area contributed by atoms with Gasteiger partial charge in [-0.15, -0.1) is 0 Å². The highest BCUT2D eigenvalue weighted by Crippen LogP contribution is 2.33. The Bertz CT molecular complexity index is 1270. The van der Waals surface area contributed by atoms with E-state index in [4.69, 9.17) is 26.5 Å². The van der Waals surface area contributed by atoms with E-state index in [0.29, 0.717) is 33.7 Å². The molecule has 1 N–H and O–H groups in total. The molecule has 2 aromatic rings. The van der Waals surface area contributed by atoms with Gasteiger partial charge in [-0.3, -0.25) is 10.2 Å². The lowest BCUT2D eigenvalue weighted by Crippen LogP contribution is -2.35. The van der Waals surface area contributed by atoms with E-state index in [2.05, 4.69) is 10.1 Å². The number of nitrogens with zero attached hydrogens (tertiary/aromatic N) is 3. The fourth-order valence-electron chi connectivity index (χ4n) is 3.12. The summed E-state index contributed by atoms with van der Waals surface area (Å²) in [6, 6.07) is 11.2. The highest BCUT2D eigenvalue weighted by atomic mass is 35.5. The molecule has 4 rings (SSSR count). The molecule has 8 nitrogen and oxygen atoms in total. The van der Waals surface area contributed by atoms with Gasteiger partial charge in [0.25, 0.3) is 5.91 Å². The zero-order chi connectivity index (χ0) is 24.4. The maximum Gasteiger partial charge on any atom is 0.343 e. The number of hydrogen-bond acceptors (Lipinski definition) is 7. The highest BCUT2D eigenvalue weighted by molar-refractivity contribution is 8.27. The van der Waals surface area contributed by atoms with Crippen LogP contribution in [0.2, 0.25) is 5.02 Å². The molecule has 0 spiro atoms. The number of fused-ring (bicyclic) bond motifs is 1. The Morgan fingerprint density at radius 1 is 1.21 bits per heavy atom. The Morgan fingerprint density at radius 2 is 1.94 bits per heavy atom. The summed E-state index contributed by atoms with van der Waals surface area (Å²) in [5, 5.41) is 16.0. The fraction of sp³-hybridized carbons (Fsp3) is 0.208. The summed E-state index contributed by atoms with van der Waals surface area (Å²) in [5.41, 5.74) is 1.03. The van der Waals surface area contributed by atoms with Crippen LogP contribution in [0, 0.1) is 11.3 Å². The van der Waals surface area contributed by atoms with Crippen LogP contribution in [0.1, 0.15) is 36.7 Å². The van der Waals surface area contributed by atoms with Gasteiger partial charge < -0.3 is 9.47 Å². The molecule has 0 saturated heterocycles. The number of halogens is 1. The number of hydrazone groups is 1. The summed E-state index contributed by atoms with van der Waals surface area (Å²) in [7, 11) is 0. The van der Waals surface area contributed by atoms with E-state index in [-0.39, 0.29) is 23.1 Å². The average molecular weight is 497 g/mol. The van der Waals surface area contributed by atoms with Gasteiger partial charge in [0.15, 0.2) is 17.3 Å². The van der Waals surface area contributed by atoms with Crippen LogP contribution in [0.15, 0.2) is 58.1 Å². The summed E-state index contributed by atoms with van der Waals surface area (Å²) in [6.45, 7) is 6.13. The quantitative estimate of drug-likeness (QED) is 0.333. The number of aliphatic imine (C=N–C) groups is 1. The first-order valence-electron chi connectivity index (χ1n) is 10.5. The van der Waals surface area contributed by atoms with Crippen LogP contribution in [0.25, 0.3) is 6.08 Å². The van der Waals surface area contributed by atoms with Gasteiger partial charge in [0, 0.05) is 10.9 Å². The molecule has 0 fully saturated rings. The third kappa shape index (κ3) is 4.90. The van der Waals surface area contributed by atoms with E-state index >= 15 is 0 Å². The normalized spacial score (nSPS) is 16.5. The predicted molar refractivity (Wildman–Crippen MR) is 134 cm³/mol. The Hall–Kier alpha value is -3.43. The van der Waals surface area contributed by atoms with Crippen LogP contribution in [0.4, 0.5) is 0 Å². The fourth-order valence-corrected chi connectivity index (χ4v) is 4.14. The number of amides is 1. The SMILES string of the molecule is CCOc1cc(C=C2C(=N)N3N=C(C(C)C)SC3=NC2=O)ccc1OC(=O)c1ccc(Cl)cc1. The molecule has 0 aromatic heterocycles. The molecule has 0 unspecified atom stereocenters. The summed E-state index contributed by atoms with van der Waals surface area (Å²) < 4.78 is 11.2. The molecule has 0 saturated carbocycles. The molecular weight excluding hydrogens is 476 g/mol. The minimum Gasteiger partial charge on any atom is -0.490 e. The molecule has 0 aliphatic carbocycles. The van der Waals surface area contributed by atoms with Crippen LogP contribution < -0.4 is 9.47 Å². The molecule has 2 aliphatic rings. The van der Waals surface area contributed by atoms with Gasteiger partial charge in [-0.05, 0) is 66.7 Å². The summed E-state index contributed by atoms with van der Waals surface area (Å²) in [6.07, 6.45) is 1.55. The lowest BCUT2D eigenvalue weighted by molar-refractivity contribution is -0.114. The lowest BCUT2D eigenvalue weighted by Gasteiger charge is -2.20. The van der Waals surface area contributed by atoms with Crippen molar-refractivity contribution in [3.63, 3.8) is 0 Å². The second-order valence-electron chi connectivity index (χ2n) is 7.65. The van der Waals surface area contributed by atoms with Crippen molar-refractivity contribution in [1.82, 2.24) is 5.01 Å². The Morgan fingerprint density at radius 3 is 2.62 bits per heavy atom. The van der Waals surface area contributed by atoms with E-state index in [9.17, 15) is 9.59 Å². The molecule has 10 heteroatoms.